The highest BCUT2D eigenvalue weighted by Gasteiger charge is 2.38. The fourth-order valence-electron chi connectivity index (χ4n) is 2.39. The van der Waals surface area contributed by atoms with Crippen molar-refractivity contribution in [1.82, 2.24) is 5.32 Å². The molecule has 0 aliphatic carbocycles. The minimum absolute atomic E-state index is 0.0577. The molecule has 0 aromatic heterocycles. The van der Waals surface area contributed by atoms with Gasteiger partial charge in [-0.05, 0) is 38.5 Å². The Kier molecular flexibility index (Phi) is 5.08. The Bertz CT molecular complexity index is 831. The molecule has 9 heteroatoms. The van der Waals surface area contributed by atoms with Gasteiger partial charge >= 0.3 is 0 Å². The van der Waals surface area contributed by atoms with E-state index in [1.807, 2.05) is 0 Å². The number of nitrogens with one attached hydrogen (secondary N) is 1. The van der Waals surface area contributed by atoms with Crippen LogP contribution in [0.2, 0.25) is 5.02 Å². The van der Waals surface area contributed by atoms with Crippen LogP contribution in [0.3, 0.4) is 0 Å². The van der Waals surface area contributed by atoms with Crippen LogP contribution in [0.4, 0.5) is 0 Å². The number of sulfone groups is 2. The normalized spacial score (nSPS) is 20.6. The van der Waals surface area contributed by atoms with Crippen molar-refractivity contribution < 1.29 is 21.6 Å². The SMILES string of the molecule is CC(C)NC(=O)c1cc(S(=O)(=O)C2CCS(=O)(=O)C2)ccc1Cl. The lowest BCUT2D eigenvalue weighted by Gasteiger charge is -2.13. The van der Waals surface area contributed by atoms with Gasteiger partial charge in [-0.2, -0.15) is 0 Å². The van der Waals surface area contributed by atoms with Crippen molar-refractivity contribution in [2.45, 2.75) is 36.5 Å². The van der Waals surface area contributed by atoms with Gasteiger partial charge in [0.2, 0.25) is 0 Å². The van der Waals surface area contributed by atoms with Crippen LogP contribution in [0.5, 0.6) is 0 Å². The second-order valence-corrected chi connectivity index (χ2v) is 10.7. The molecule has 1 fully saturated rings. The highest BCUT2D eigenvalue weighted by molar-refractivity contribution is 7.96. The fourth-order valence-corrected chi connectivity index (χ4v) is 6.98. The molecule has 23 heavy (non-hydrogen) atoms. The molecule has 0 radical (unpaired) electrons. The Hall–Kier alpha value is -1.12. The zero-order valence-corrected chi connectivity index (χ0v) is 15.1. The summed E-state index contributed by atoms with van der Waals surface area (Å²) in [6.45, 7) is 3.55. The van der Waals surface area contributed by atoms with E-state index >= 15 is 0 Å². The summed E-state index contributed by atoms with van der Waals surface area (Å²) in [5.74, 6) is -0.988. The summed E-state index contributed by atoms with van der Waals surface area (Å²) in [7, 11) is -7.15. The van der Waals surface area contributed by atoms with Crippen LogP contribution in [0, 0.1) is 0 Å². The third kappa shape index (κ3) is 4.05. The van der Waals surface area contributed by atoms with E-state index in [0.717, 1.165) is 0 Å². The Morgan fingerprint density at radius 2 is 2.00 bits per heavy atom. The standard InChI is InChI=1S/C14H18ClNO5S2/c1-9(2)16-14(17)12-7-10(3-4-13(12)15)23(20,21)11-5-6-22(18,19)8-11/h3-4,7,9,11H,5-6,8H2,1-2H3,(H,16,17). The highest BCUT2D eigenvalue weighted by atomic mass is 35.5. The lowest BCUT2D eigenvalue weighted by Crippen LogP contribution is -2.30. The van der Waals surface area contributed by atoms with Gasteiger partial charge in [-0.3, -0.25) is 4.79 Å². The summed E-state index contributed by atoms with van der Waals surface area (Å²) < 4.78 is 48.2. The molecule has 1 atom stereocenters. The topological polar surface area (TPSA) is 97.4 Å². The van der Waals surface area contributed by atoms with E-state index in [0.29, 0.717) is 0 Å². The number of halogens is 1. The van der Waals surface area contributed by atoms with Crippen molar-refractivity contribution >= 4 is 37.2 Å². The van der Waals surface area contributed by atoms with Gasteiger partial charge in [0.1, 0.15) is 0 Å². The van der Waals surface area contributed by atoms with Crippen molar-refractivity contribution in [1.29, 1.82) is 0 Å². The molecule has 1 aliphatic rings. The van der Waals surface area contributed by atoms with Crippen LogP contribution in [-0.4, -0.2) is 45.5 Å². The Balaban J connectivity index is 2.39. The molecule has 0 bridgehead atoms. The van der Waals surface area contributed by atoms with Crippen molar-refractivity contribution in [2.75, 3.05) is 11.5 Å². The summed E-state index contributed by atoms with van der Waals surface area (Å²) >= 11 is 5.98. The first-order valence-corrected chi connectivity index (χ1v) is 10.8. The van der Waals surface area contributed by atoms with Gasteiger partial charge < -0.3 is 5.32 Å². The maximum atomic E-state index is 12.6. The number of rotatable bonds is 4. The van der Waals surface area contributed by atoms with E-state index in [1.165, 1.54) is 18.2 Å². The molecule has 1 amide bonds. The second kappa shape index (κ2) is 6.41. The van der Waals surface area contributed by atoms with Crippen LogP contribution in [0.15, 0.2) is 23.1 Å². The van der Waals surface area contributed by atoms with E-state index in [2.05, 4.69) is 5.32 Å². The molecular weight excluding hydrogens is 362 g/mol. The van der Waals surface area contributed by atoms with E-state index in [-0.39, 0.29) is 39.4 Å². The minimum atomic E-state index is -3.83. The molecule has 0 spiro atoms. The van der Waals surface area contributed by atoms with Gasteiger partial charge in [0.05, 0.1) is 32.2 Å². The van der Waals surface area contributed by atoms with Gasteiger partial charge in [-0.25, -0.2) is 16.8 Å². The molecular formula is C14H18ClNO5S2. The largest absolute Gasteiger partial charge is 0.350 e. The third-order valence-electron chi connectivity index (χ3n) is 3.56. The van der Waals surface area contributed by atoms with Gasteiger partial charge in [0.25, 0.3) is 5.91 Å². The highest BCUT2D eigenvalue weighted by Crippen LogP contribution is 2.28. The maximum absolute atomic E-state index is 12.6. The summed E-state index contributed by atoms with van der Waals surface area (Å²) in [6.07, 6.45) is 0.0703. The van der Waals surface area contributed by atoms with Crippen LogP contribution in [0.25, 0.3) is 0 Å². The summed E-state index contributed by atoms with van der Waals surface area (Å²) in [5.41, 5.74) is 0.0577. The number of hydrogen-bond acceptors (Lipinski definition) is 5. The Labute approximate surface area is 141 Å². The number of hydrogen-bond donors (Lipinski definition) is 1. The molecule has 1 N–H and O–H groups in total. The molecule has 1 heterocycles. The molecule has 0 saturated carbocycles. The fraction of sp³-hybridized carbons (Fsp3) is 0.500. The number of benzene rings is 1. The minimum Gasteiger partial charge on any atom is -0.350 e. The molecule has 1 saturated heterocycles. The van der Waals surface area contributed by atoms with Crippen molar-refractivity contribution in [3.05, 3.63) is 28.8 Å². The molecule has 1 aliphatic heterocycles. The second-order valence-electron chi connectivity index (χ2n) is 5.84. The van der Waals surface area contributed by atoms with Gasteiger partial charge in [0.15, 0.2) is 19.7 Å². The van der Waals surface area contributed by atoms with Gasteiger partial charge in [-0.1, -0.05) is 11.6 Å². The van der Waals surface area contributed by atoms with E-state index in [9.17, 15) is 21.6 Å². The molecule has 1 unspecified atom stereocenters. The lowest BCUT2D eigenvalue weighted by atomic mass is 10.2. The predicted octanol–water partition coefficient (Wildman–Crippen LogP) is 1.44. The van der Waals surface area contributed by atoms with Crippen molar-refractivity contribution in [3.8, 4) is 0 Å². The van der Waals surface area contributed by atoms with E-state index in [4.69, 9.17) is 11.6 Å². The first-order chi connectivity index (χ1) is 10.5. The molecule has 1 aromatic rings. The summed E-state index contributed by atoms with van der Waals surface area (Å²) in [5, 5.41) is 1.81. The first-order valence-electron chi connectivity index (χ1n) is 7.07. The van der Waals surface area contributed by atoms with Crippen LogP contribution >= 0.6 is 11.6 Å². The monoisotopic (exact) mass is 379 g/mol. The summed E-state index contributed by atoms with van der Waals surface area (Å²) in [4.78, 5) is 12.0. The quantitative estimate of drug-likeness (QED) is 0.853. The average Bonchev–Trinajstić information content (AvgIpc) is 2.79. The molecule has 6 nitrogen and oxygen atoms in total. The van der Waals surface area contributed by atoms with Crippen molar-refractivity contribution in [3.63, 3.8) is 0 Å². The first kappa shape index (κ1) is 18.2. The zero-order valence-electron chi connectivity index (χ0n) is 12.7. The zero-order chi connectivity index (χ0) is 17.4. The predicted molar refractivity (Wildman–Crippen MR) is 88.3 cm³/mol. The van der Waals surface area contributed by atoms with E-state index in [1.54, 1.807) is 13.8 Å². The third-order valence-corrected chi connectivity index (χ3v) is 8.06. The molecule has 128 valence electrons. The lowest BCUT2D eigenvalue weighted by molar-refractivity contribution is 0.0943. The Morgan fingerprint density at radius 1 is 1.35 bits per heavy atom. The van der Waals surface area contributed by atoms with Crippen molar-refractivity contribution in [2.24, 2.45) is 0 Å². The maximum Gasteiger partial charge on any atom is 0.253 e. The average molecular weight is 380 g/mol. The number of carbonyl (C=O) groups is 1. The Morgan fingerprint density at radius 3 is 2.52 bits per heavy atom. The number of amides is 1. The smallest absolute Gasteiger partial charge is 0.253 e. The number of carbonyl (C=O) groups excluding carboxylic acids is 1. The summed E-state index contributed by atoms with van der Waals surface area (Å²) in [6, 6.07) is 3.72. The van der Waals surface area contributed by atoms with Gasteiger partial charge in [-0.15, -0.1) is 0 Å². The van der Waals surface area contributed by atoms with Crippen LogP contribution in [-0.2, 0) is 19.7 Å². The van der Waals surface area contributed by atoms with Gasteiger partial charge in [0, 0.05) is 6.04 Å². The van der Waals surface area contributed by atoms with Crippen LogP contribution in [0.1, 0.15) is 30.6 Å². The molecule has 1 aromatic carbocycles. The van der Waals surface area contributed by atoms with Crippen LogP contribution < -0.4 is 5.32 Å². The molecule has 2 rings (SSSR count). The van der Waals surface area contributed by atoms with E-state index < -0.39 is 30.8 Å².